The van der Waals surface area contributed by atoms with E-state index in [1.807, 2.05) is 18.2 Å². The zero-order valence-electron chi connectivity index (χ0n) is 8.42. The average molecular weight is 214 g/mol. The summed E-state index contributed by atoms with van der Waals surface area (Å²) in [5.41, 5.74) is 1.78. The van der Waals surface area contributed by atoms with E-state index in [0.29, 0.717) is 12.2 Å². The van der Waals surface area contributed by atoms with Gasteiger partial charge in [0.05, 0.1) is 0 Å². The maximum Gasteiger partial charge on any atom is 0.212 e. The first-order valence-corrected chi connectivity index (χ1v) is 4.72. The predicted octanol–water partition coefficient (Wildman–Crippen LogP) is 1.79. The molecular weight excluding hydrogens is 204 g/mol. The predicted molar refractivity (Wildman–Crippen MR) is 61.4 cm³/mol. The summed E-state index contributed by atoms with van der Waals surface area (Å²) >= 11 is 0. The van der Waals surface area contributed by atoms with E-state index < -0.39 is 0 Å². The molecular formula is C11H10N4O. The fourth-order valence-corrected chi connectivity index (χ4v) is 1.25. The first-order valence-electron chi connectivity index (χ1n) is 4.72. The van der Waals surface area contributed by atoms with Crippen molar-refractivity contribution in [2.75, 3.05) is 10.6 Å². The summed E-state index contributed by atoms with van der Waals surface area (Å²) in [5, 5.41) is 5.66. The van der Waals surface area contributed by atoms with Gasteiger partial charge in [-0.2, -0.15) is 0 Å². The van der Waals surface area contributed by atoms with Crippen molar-refractivity contribution < 1.29 is 4.79 Å². The summed E-state index contributed by atoms with van der Waals surface area (Å²) in [5.74, 6) is 0.508. The third-order valence-corrected chi connectivity index (χ3v) is 1.94. The van der Waals surface area contributed by atoms with E-state index in [2.05, 4.69) is 20.6 Å². The van der Waals surface area contributed by atoms with E-state index in [1.165, 1.54) is 0 Å². The zero-order valence-corrected chi connectivity index (χ0v) is 8.42. The molecule has 0 fully saturated rings. The Morgan fingerprint density at radius 2 is 1.81 bits per heavy atom. The molecule has 1 amide bonds. The second-order valence-corrected chi connectivity index (χ2v) is 3.05. The van der Waals surface area contributed by atoms with Crippen LogP contribution in [0, 0.1) is 0 Å². The van der Waals surface area contributed by atoms with Gasteiger partial charge in [0.25, 0.3) is 0 Å². The number of nitrogens with zero attached hydrogens (tertiary/aromatic N) is 2. The van der Waals surface area contributed by atoms with Crippen molar-refractivity contribution in [1.82, 2.24) is 9.97 Å². The number of aromatic nitrogens is 2. The van der Waals surface area contributed by atoms with Gasteiger partial charge in [0.2, 0.25) is 6.41 Å². The Morgan fingerprint density at radius 3 is 2.56 bits per heavy atom. The molecule has 2 aromatic rings. The Bertz CT molecular complexity index is 472. The van der Waals surface area contributed by atoms with Crippen molar-refractivity contribution in [2.45, 2.75) is 0 Å². The third kappa shape index (κ3) is 2.54. The molecule has 0 aliphatic rings. The van der Waals surface area contributed by atoms with Crippen LogP contribution >= 0.6 is 0 Å². The molecule has 2 aromatic heterocycles. The molecule has 2 rings (SSSR count). The number of pyridine rings is 2. The van der Waals surface area contributed by atoms with Crippen LogP contribution in [0.15, 0.2) is 42.9 Å². The zero-order chi connectivity index (χ0) is 11.2. The van der Waals surface area contributed by atoms with E-state index in [4.69, 9.17) is 0 Å². The second kappa shape index (κ2) is 4.88. The summed E-state index contributed by atoms with van der Waals surface area (Å²) in [6.45, 7) is 0. The number of carbonyl (C=O) groups is 1. The molecule has 0 aromatic carbocycles. The molecule has 2 N–H and O–H groups in total. The lowest BCUT2D eigenvalue weighted by Gasteiger charge is -2.06. The number of amides is 1. The molecule has 5 nitrogen and oxygen atoms in total. The minimum absolute atomic E-state index is 0.508. The van der Waals surface area contributed by atoms with E-state index in [0.717, 1.165) is 11.4 Å². The van der Waals surface area contributed by atoms with Crippen LogP contribution in [0.3, 0.4) is 0 Å². The van der Waals surface area contributed by atoms with Crippen molar-refractivity contribution >= 4 is 23.6 Å². The summed E-state index contributed by atoms with van der Waals surface area (Å²) < 4.78 is 0. The molecule has 0 radical (unpaired) electrons. The van der Waals surface area contributed by atoms with Gasteiger partial charge in [0.15, 0.2) is 0 Å². The number of hydrogen-bond donors (Lipinski definition) is 2. The van der Waals surface area contributed by atoms with Crippen LogP contribution in [0.1, 0.15) is 0 Å². The van der Waals surface area contributed by atoms with Crippen LogP contribution in [0.4, 0.5) is 17.2 Å². The second-order valence-electron chi connectivity index (χ2n) is 3.05. The Balaban J connectivity index is 2.15. The summed E-state index contributed by atoms with van der Waals surface area (Å²) in [4.78, 5) is 18.2. The molecule has 0 bridgehead atoms. The Labute approximate surface area is 92.6 Å². The molecule has 0 aliphatic carbocycles. The third-order valence-electron chi connectivity index (χ3n) is 1.94. The van der Waals surface area contributed by atoms with Gasteiger partial charge in [0, 0.05) is 36.0 Å². The van der Waals surface area contributed by atoms with Crippen molar-refractivity contribution in [3.05, 3.63) is 42.9 Å². The lowest BCUT2D eigenvalue weighted by Crippen LogP contribution is -1.98. The Kier molecular flexibility index (Phi) is 3.08. The highest BCUT2D eigenvalue weighted by Crippen LogP contribution is 2.17. The van der Waals surface area contributed by atoms with Crippen LogP contribution in [0.5, 0.6) is 0 Å². The van der Waals surface area contributed by atoms with Crippen LogP contribution in [0.25, 0.3) is 0 Å². The highest BCUT2D eigenvalue weighted by atomic mass is 16.1. The Hall–Kier alpha value is -2.43. The fourth-order valence-electron chi connectivity index (χ4n) is 1.25. The number of anilines is 3. The average Bonchev–Trinajstić information content (AvgIpc) is 2.31. The summed E-state index contributed by atoms with van der Waals surface area (Å²) in [6, 6.07) is 7.27. The maximum absolute atomic E-state index is 10.3. The van der Waals surface area contributed by atoms with Crippen LogP contribution < -0.4 is 10.6 Å². The van der Waals surface area contributed by atoms with Gasteiger partial charge in [-0.15, -0.1) is 0 Å². The first-order chi connectivity index (χ1) is 7.88. The minimum Gasteiger partial charge on any atom is -0.355 e. The molecule has 80 valence electrons. The van der Waals surface area contributed by atoms with Gasteiger partial charge in [-0.1, -0.05) is 0 Å². The normalized spacial score (nSPS) is 9.50. The van der Waals surface area contributed by atoms with Crippen molar-refractivity contribution in [3.63, 3.8) is 0 Å². The van der Waals surface area contributed by atoms with Gasteiger partial charge in [-0.3, -0.25) is 9.78 Å². The highest BCUT2D eigenvalue weighted by Gasteiger charge is 1.96. The van der Waals surface area contributed by atoms with E-state index >= 15 is 0 Å². The molecule has 0 spiro atoms. The lowest BCUT2D eigenvalue weighted by molar-refractivity contribution is -0.105. The molecule has 2 heterocycles. The quantitative estimate of drug-likeness (QED) is 0.761. The number of rotatable bonds is 4. The lowest BCUT2D eigenvalue weighted by atomic mass is 10.3. The largest absolute Gasteiger partial charge is 0.355 e. The standard InChI is InChI=1S/C11H10N4O/c16-8-14-11-7-10(3-6-13-11)15-9-1-4-12-5-2-9/h1-8H,(H2,12,13,14,15,16). The number of hydrogen-bond acceptors (Lipinski definition) is 4. The maximum atomic E-state index is 10.3. The SMILES string of the molecule is O=CNc1cc(Nc2ccncc2)ccn1. The van der Waals surface area contributed by atoms with Crippen molar-refractivity contribution in [3.8, 4) is 0 Å². The molecule has 5 heteroatoms. The topological polar surface area (TPSA) is 66.9 Å². The van der Waals surface area contributed by atoms with E-state index in [9.17, 15) is 4.79 Å². The van der Waals surface area contributed by atoms with Crippen LogP contribution in [0.2, 0.25) is 0 Å². The van der Waals surface area contributed by atoms with Crippen LogP contribution in [-0.4, -0.2) is 16.4 Å². The summed E-state index contributed by atoms with van der Waals surface area (Å²) in [6.07, 6.45) is 5.62. The van der Waals surface area contributed by atoms with Crippen LogP contribution in [-0.2, 0) is 4.79 Å². The van der Waals surface area contributed by atoms with E-state index in [-0.39, 0.29) is 0 Å². The van der Waals surface area contributed by atoms with E-state index in [1.54, 1.807) is 24.7 Å². The van der Waals surface area contributed by atoms with Gasteiger partial charge in [-0.25, -0.2) is 4.98 Å². The minimum atomic E-state index is 0.508. The molecule has 0 saturated heterocycles. The smallest absolute Gasteiger partial charge is 0.212 e. The monoisotopic (exact) mass is 214 g/mol. The molecule has 0 atom stereocenters. The van der Waals surface area contributed by atoms with Gasteiger partial charge < -0.3 is 10.6 Å². The first kappa shape index (κ1) is 10.1. The number of carbonyl (C=O) groups excluding carboxylic acids is 1. The fraction of sp³-hybridized carbons (Fsp3) is 0. The molecule has 0 aliphatic heterocycles. The van der Waals surface area contributed by atoms with Crippen molar-refractivity contribution in [1.29, 1.82) is 0 Å². The van der Waals surface area contributed by atoms with Gasteiger partial charge in [-0.05, 0) is 18.2 Å². The highest BCUT2D eigenvalue weighted by molar-refractivity contribution is 5.71. The molecule has 0 unspecified atom stereocenters. The Morgan fingerprint density at radius 1 is 1.06 bits per heavy atom. The molecule has 16 heavy (non-hydrogen) atoms. The number of nitrogens with one attached hydrogen (secondary N) is 2. The van der Waals surface area contributed by atoms with Crippen molar-refractivity contribution in [2.24, 2.45) is 0 Å². The molecule has 0 saturated carbocycles. The van der Waals surface area contributed by atoms with Gasteiger partial charge in [0.1, 0.15) is 5.82 Å². The van der Waals surface area contributed by atoms with Gasteiger partial charge >= 0.3 is 0 Å². The summed E-state index contributed by atoms with van der Waals surface area (Å²) in [7, 11) is 0.